The van der Waals surface area contributed by atoms with Gasteiger partial charge in [0.15, 0.2) is 0 Å². The van der Waals surface area contributed by atoms with Crippen molar-refractivity contribution in [1.29, 1.82) is 0 Å². The predicted octanol–water partition coefficient (Wildman–Crippen LogP) is 2.25. The van der Waals surface area contributed by atoms with E-state index < -0.39 is 0 Å². The minimum absolute atomic E-state index is 0.798. The first kappa shape index (κ1) is 11.4. The smallest absolute Gasteiger partial charge is 0.00953 e. The fraction of sp³-hybridized carbons (Fsp3) is 1.00. The molecule has 1 saturated carbocycles. The van der Waals surface area contributed by atoms with Crippen LogP contribution in [0, 0.1) is 5.92 Å². The minimum Gasteiger partial charge on any atom is -0.311 e. The van der Waals surface area contributed by atoms with Crippen molar-refractivity contribution in [3.8, 4) is 0 Å². The molecule has 2 aliphatic rings. The quantitative estimate of drug-likeness (QED) is 0.752. The van der Waals surface area contributed by atoms with Crippen molar-refractivity contribution in [1.82, 2.24) is 10.2 Å². The molecule has 1 N–H and O–H groups in total. The van der Waals surface area contributed by atoms with Crippen LogP contribution in [0.2, 0.25) is 0 Å². The van der Waals surface area contributed by atoms with Gasteiger partial charge in [0, 0.05) is 12.1 Å². The van der Waals surface area contributed by atoms with Gasteiger partial charge in [-0.3, -0.25) is 0 Å². The van der Waals surface area contributed by atoms with Crippen molar-refractivity contribution < 1.29 is 0 Å². The van der Waals surface area contributed by atoms with Crippen LogP contribution in [0.15, 0.2) is 0 Å². The normalized spacial score (nSPS) is 35.6. The van der Waals surface area contributed by atoms with Gasteiger partial charge in [0.2, 0.25) is 0 Å². The fourth-order valence-corrected chi connectivity index (χ4v) is 3.04. The van der Waals surface area contributed by atoms with Crippen LogP contribution in [-0.2, 0) is 0 Å². The zero-order chi connectivity index (χ0) is 10.7. The predicted molar refractivity (Wildman–Crippen MR) is 65.1 cm³/mol. The summed E-state index contributed by atoms with van der Waals surface area (Å²) in [5.74, 6) is 0.901. The van der Waals surface area contributed by atoms with E-state index in [4.69, 9.17) is 0 Å². The molecule has 1 saturated heterocycles. The third kappa shape index (κ3) is 3.18. The molecule has 1 aliphatic heterocycles. The lowest BCUT2D eigenvalue weighted by atomic mass is 9.85. The van der Waals surface area contributed by atoms with Crippen molar-refractivity contribution in [3.05, 3.63) is 0 Å². The zero-order valence-electron chi connectivity index (χ0n) is 10.3. The van der Waals surface area contributed by atoms with E-state index in [9.17, 15) is 0 Å². The Kier molecular flexibility index (Phi) is 4.04. The molecular formula is C13H26N2. The molecule has 88 valence electrons. The Hall–Kier alpha value is -0.0800. The van der Waals surface area contributed by atoms with Gasteiger partial charge in [0.1, 0.15) is 0 Å². The molecule has 0 unspecified atom stereocenters. The molecule has 0 bridgehead atoms. The van der Waals surface area contributed by atoms with Crippen molar-refractivity contribution in [2.45, 2.75) is 57.5 Å². The van der Waals surface area contributed by atoms with Crippen LogP contribution in [-0.4, -0.2) is 37.1 Å². The first-order valence-corrected chi connectivity index (χ1v) is 6.70. The lowest BCUT2D eigenvalue weighted by Gasteiger charge is -2.36. The summed E-state index contributed by atoms with van der Waals surface area (Å²) in [5, 5.41) is 3.90. The third-order valence-electron chi connectivity index (χ3n) is 4.28. The Bertz CT molecular complexity index is 185. The summed E-state index contributed by atoms with van der Waals surface area (Å²) in [6.07, 6.45) is 8.43. The maximum Gasteiger partial charge on any atom is 0.00953 e. The van der Waals surface area contributed by atoms with E-state index in [0.29, 0.717) is 0 Å². The number of hydrogen-bond acceptors (Lipinski definition) is 2. The first-order chi connectivity index (χ1) is 7.25. The zero-order valence-corrected chi connectivity index (χ0v) is 10.3. The van der Waals surface area contributed by atoms with Gasteiger partial charge < -0.3 is 10.2 Å². The maximum absolute atomic E-state index is 3.90. The summed E-state index contributed by atoms with van der Waals surface area (Å²) >= 11 is 0. The minimum atomic E-state index is 0.798. The van der Waals surface area contributed by atoms with E-state index in [0.717, 1.165) is 18.0 Å². The Labute approximate surface area is 94.4 Å². The number of rotatable bonds is 2. The van der Waals surface area contributed by atoms with E-state index in [1.54, 1.807) is 0 Å². The number of piperidine rings is 1. The summed E-state index contributed by atoms with van der Waals surface area (Å²) in [7, 11) is 2.24. The monoisotopic (exact) mass is 210 g/mol. The molecule has 2 heteroatoms. The second kappa shape index (κ2) is 5.31. The van der Waals surface area contributed by atoms with Crippen LogP contribution in [0.5, 0.6) is 0 Å². The number of nitrogens with zero attached hydrogens (tertiary/aromatic N) is 1. The van der Waals surface area contributed by atoms with Crippen LogP contribution < -0.4 is 5.32 Å². The van der Waals surface area contributed by atoms with Gasteiger partial charge in [0.25, 0.3) is 0 Å². The second-order valence-corrected chi connectivity index (χ2v) is 5.61. The van der Waals surface area contributed by atoms with E-state index >= 15 is 0 Å². The van der Waals surface area contributed by atoms with E-state index in [1.807, 2.05) is 0 Å². The van der Waals surface area contributed by atoms with E-state index in [2.05, 4.69) is 24.2 Å². The van der Waals surface area contributed by atoms with E-state index in [-0.39, 0.29) is 0 Å². The standard InChI is InChI=1S/C13H26N2/c1-11-5-3-4-6-13(11)14-12-7-9-15(2)10-8-12/h11-14H,3-10H2,1-2H3/t11-,13+/m1/s1. The molecule has 2 rings (SSSR count). The van der Waals surface area contributed by atoms with Gasteiger partial charge in [-0.2, -0.15) is 0 Å². The molecule has 0 radical (unpaired) electrons. The molecule has 0 aromatic heterocycles. The molecule has 0 amide bonds. The van der Waals surface area contributed by atoms with Crippen LogP contribution in [0.3, 0.4) is 0 Å². The lowest BCUT2D eigenvalue weighted by molar-refractivity contribution is 0.192. The largest absolute Gasteiger partial charge is 0.311 e. The SMILES string of the molecule is C[C@@H]1CCCC[C@@H]1NC1CCN(C)CC1. The maximum atomic E-state index is 3.90. The number of nitrogens with one attached hydrogen (secondary N) is 1. The van der Waals surface area contributed by atoms with Crippen LogP contribution in [0.4, 0.5) is 0 Å². The molecule has 0 aromatic carbocycles. The van der Waals surface area contributed by atoms with Crippen LogP contribution in [0.1, 0.15) is 45.4 Å². The van der Waals surface area contributed by atoms with Crippen molar-refractivity contribution in [2.24, 2.45) is 5.92 Å². The third-order valence-corrected chi connectivity index (χ3v) is 4.28. The lowest BCUT2D eigenvalue weighted by Crippen LogP contribution is -2.48. The van der Waals surface area contributed by atoms with E-state index in [1.165, 1.54) is 51.6 Å². The Morgan fingerprint density at radius 3 is 2.33 bits per heavy atom. The number of likely N-dealkylation sites (tertiary alicyclic amines) is 1. The van der Waals surface area contributed by atoms with Crippen molar-refractivity contribution >= 4 is 0 Å². The van der Waals surface area contributed by atoms with Gasteiger partial charge in [-0.1, -0.05) is 19.8 Å². The van der Waals surface area contributed by atoms with Gasteiger partial charge >= 0.3 is 0 Å². The summed E-state index contributed by atoms with van der Waals surface area (Å²) < 4.78 is 0. The highest BCUT2D eigenvalue weighted by atomic mass is 15.1. The molecule has 0 spiro atoms. The molecule has 2 fully saturated rings. The highest BCUT2D eigenvalue weighted by molar-refractivity contribution is 4.84. The van der Waals surface area contributed by atoms with Gasteiger partial charge in [0.05, 0.1) is 0 Å². The highest BCUT2D eigenvalue weighted by Crippen LogP contribution is 2.25. The summed E-state index contributed by atoms with van der Waals surface area (Å²) in [5.41, 5.74) is 0. The Balaban J connectivity index is 1.75. The average Bonchev–Trinajstić information content (AvgIpc) is 2.25. The number of hydrogen-bond donors (Lipinski definition) is 1. The van der Waals surface area contributed by atoms with Crippen molar-refractivity contribution in [3.63, 3.8) is 0 Å². The topological polar surface area (TPSA) is 15.3 Å². The van der Waals surface area contributed by atoms with Gasteiger partial charge in [-0.15, -0.1) is 0 Å². The Morgan fingerprint density at radius 1 is 1.00 bits per heavy atom. The molecule has 2 nitrogen and oxygen atoms in total. The molecule has 1 aliphatic carbocycles. The van der Waals surface area contributed by atoms with Crippen LogP contribution in [0.25, 0.3) is 0 Å². The average molecular weight is 210 g/mol. The molecule has 15 heavy (non-hydrogen) atoms. The van der Waals surface area contributed by atoms with Gasteiger partial charge in [-0.05, 0) is 51.7 Å². The van der Waals surface area contributed by atoms with Crippen LogP contribution >= 0.6 is 0 Å². The molecular weight excluding hydrogens is 184 g/mol. The summed E-state index contributed by atoms with van der Waals surface area (Å²) in [4.78, 5) is 2.45. The molecule has 0 aromatic rings. The van der Waals surface area contributed by atoms with Crippen molar-refractivity contribution in [2.75, 3.05) is 20.1 Å². The second-order valence-electron chi connectivity index (χ2n) is 5.61. The fourth-order valence-electron chi connectivity index (χ4n) is 3.04. The summed E-state index contributed by atoms with van der Waals surface area (Å²) in [6.45, 7) is 4.98. The molecule has 1 heterocycles. The van der Waals surface area contributed by atoms with Gasteiger partial charge in [-0.25, -0.2) is 0 Å². The first-order valence-electron chi connectivity index (χ1n) is 6.70. The Morgan fingerprint density at radius 2 is 1.67 bits per heavy atom. The molecule has 2 atom stereocenters. The highest BCUT2D eigenvalue weighted by Gasteiger charge is 2.25. The summed E-state index contributed by atoms with van der Waals surface area (Å²) in [6, 6.07) is 1.61.